The average Bonchev–Trinajstić information content (AvgIpc) is 2.81. The summed E-state index contributed by atoms with van der Waals surface area (Å²) >= 11 is 6.08. The van der Waals surface area contributed by atoms with Gasteiger partial charge in [-0.15, -0.1) is 11.6 Å². The molecule has 64 valence electrons. The largest absolute Gasteiger partial charge is 0.395 e. The molecule has 1 aromatic carbocycles. The van der Waals surface area contributed by atoms with Crippen molar-refractivity contribution in [3.05, 3.63) is 35.9 Å². The second kappa shape index (κ2) is 2.75. The molecule has 1 N–H and O–H groups in total. The molecule has 1 aliphatic carbocycles. The molecule has 0 spiro atoms. The van der Waals surface area contributed by atoms with E-state index in [1.807, 2.05) is 18.2 Å². The third-order valence-electron chi connectivity index (χ3n) is 2.47. The molecule has 2 rings (SSSR count). The molecule has 0 bridgehead atoms. The van der Waals surface area contributed by atoms with Crippen molar-refractivity contribution < 1.29 is 5.11 Å². The van der Waals surface area contributed by atoms with Crippen LogP contribution in [0.2, 0.25) is 0 Å². The molecule has 0 unspecified atom stereocenters. The zero-order chi connectivity index (χ0) is 8.60. The number of aliphatic hydroxyl groups is 1. The summed E-state index contributed by atoms with van der Waals surface area (Å²) in [5.74, 6) is 0.352. The summed E-state index contributed by atoms with van der Waals surface area (Å²) in [7, 11) is 0. The molecule has 0 aromatic heterocycles. The van der Waals surface area contributed by atoms with Crippen LogP contribution in [0, 0.1) is 0 Å². The summed E-state index contributed by atoms with van der Waals surface area (Å²) in [4.78, 5) is -0.360. The Hall–Kier alpha value is -0.530. The van der Waals surface area contributed by atoms with Gasteiger partial charge in [-0.3, -0.25) is 0 Å². The number of alkyl halides is 1. The maximum atomic E-state index is 8.97. The summed E-state index contributed by atoms with van der Waals surface area (Å²) in [5, 5.41) is 8.97. The lowest BCUT2D eigenvalue weighted by molar-refractivity contribution is 0.284. The van der Waals surface area contributed by atoms with Crippen LogP contribution in [0.3, 0.4) is 0 Å². The molecule has 2 heteroatoms. The molecule has 0 saturated heterocycles. The van der Waals surface area contributed by atoms with E-state index in [0.29, 0.717) is 5.92 Å². The van der Waals surface area contributed by atoms with E-state index in [1.54, 1.807) is 0 Å². The van der Waals surface area contributed by atoms with Crippen LogP contribution < -0.4 is 0 Å². The number of hydrogen-bond donors (Lipinski definition) is 1. The molecule has 0 amide bonds. The van der Waals surface area contributed by atoms with Crippen LogP contribution in [0.25, 0.3) is 0 Å². The minimum absolute atomic E-state index is 0.0775. The predicted octanol–water partition coefficient (Wildman–Crippen LogP) is 2.14. The Bertz CT molecular complexity index is 272. The lowest BCUT2D eigenvalue weighted by Gasteiger charge is -2.03. The molecule has 0 radical (unpaired) electrons. The van der Waals surface area contributed by atoms with Crippen LogP contribution in [0.5, 0.6) is 0 Å². The maximum absolute atomic E-state index is 8.97. The zero-order valence-corrected chi connectivity index (χ0v) is 7.46. The Kier molecular flexibility index (Phi) is 1.85. The van der Waals surface area contributed by atoms with Crippen LogP contribution in [-0.2, 0) is 0 Å². The van der Waals surface area contributed by atoms with Gasteiger partial charge in [0.2, 0.25) is 0 Å². The standard InChI is InChI=1S/C10H11ClO/c11-10(7-12)6-9(10)8-4-2-1-3-5-8/h1-5,9,12H,6-7H2/t9-,10+/m0/s1. The second-order valence-corrected chi connectivity index (χ2v) is 4.11. The molecule has 1 nitrogen and oxygen atoms in total. The van der Waals surface area contributed by atoms with Crippen molar-refractivity contribution in [2.24, 2.45) is 0 Å². The van der Waals surface area contributed by atoms with Crippen molar-refractivity contribution in [3.63, 3.8) is 0 Å². The first-order valence-corrected chi connectivity index (χ1v) is 4.49. The monoisotopic (exact) mass is 182 g/mol. The molecule has 1 aliphatic rings. The van der Waals surface area contributed by atoms with Crippen molar-refractivity contribution in [1.29, 1.82) is 0 Å². The highest BCUT2D eigenvalue weighted by Crippen LogP contribution is 2.55. The summed E-state index contributed by atoms with van der Waals surface area (Å²) in [6.45, 7) is 0.0775. The van der Waals surface area contributed by atoms with E-state index in [2.05, 4.69) is 12.1 Å². The van der Waals surface area contributed by atoms with E-state index in [4.69, 9.17) is 16.7 Å². The van der Waals surface area contributed by atoms with E-state index in [0.717, 1.165) is 6.42 Å². The minimum atomic E-state index is -0.360. The van der Waals surface area contributed by atoms with E-state index in [9.17, 15) is 0 Å². The molecular weight excluding hydrogens is 172 g/mol. The summed E-state index contributed by atoms with van der Waals surface area (Å²) in [6.07, 6.45) is 0.898. The van der Waals surface area contributed by atoms with Crippen molar-refractivity contribution >= 4 is 11.6 Å². The van der Waals surface area contributed by atoms with E-state index in [1.165, 1.54) is 5.56 Å². The Morgan fingerprint density at radius 3 is 2.58 bits per heavy atom. The van der Waals surface area contributed by atoms with E-state index >= 15 is 0 Å². The van der Waals surface area contributed by atoms with Crippen LogP contribution in [0.15, 0.2) is 30.3 Å². The quantitative estimate of drug-likeness (QED) is 0.695. The second-order valence-electron chi connectivity index (χ2n) is 3.36. The SMILES string of the molecule is OC[C@]1(Cl)C[C@H]1c1ccccc1. The van der Waals surface area contributed by atoms with Gasteiger partial charge >= 0.3 is 0 Å². The van der Waals surface area contributed by atoms with Gasteiger partial charge in [0.05, 0.1) is 11.5 Å². The molecule has 1 fully saturated rings. The number of benzene rings is 1. The first kappa shape index (κ1) is 8.09. The van der Waals surface area contributed by atoms with Crippen LogP contribution in [-0.4, -0.2) is 16.6 Å². The van der Waals surface area contributed by atoms with Crippen molar-refractivity contribution in [2.75, 3.05) is 6.61 Å². The van der Waals surface area contributed by atoms with Gasteiger partial charge in [-0.25, -0.2) is 0 Å². The van der Waals surface area contributed by atoms with Crippen molar-refractivity contribution in [3.8, 4) is 0 Å². The molecule has 1 saturated carbocycles. The van der Waals surface area contributed by atoms with Gasteiger partial charge in [-0.1, -0.05) is 30.3 Å². The maximum Gasteiger partial charge on any atom is 0.0752 e. The lowest BCUT2D eigenvalue weighted by atomic mass is 10.1. The Labute approximate surface area is 77.0 Å². The Balaban J connectivity index is 2.16. The fourth-order valence-corrected chi connectivity index (χ4v) is 1.84. The topological polar surface area (TPSA) is 20.2 Å². The van der Waals surface area contributed by atoms with Gasteiger partial charge in [-0.05, 0) is 12.0 Å². The fourth-order valence-electron chi connectivity index (χ4n) is 1.56. The minimum Gasteiger partial charge on any atom is -0.395 e. The van der Waals surface area contributed by atoms with Crippen LogP contribution in [0.4, 0.5) is 0 Å². The summed E-state index contributed by atoms with van der Waals surface area (Å²) in [6, 6.07) is 10.1. The van der Waals surface area contributed by atoms with Gasteiger partial charge in [0.15, 0.2) is 0 Å². The highest BCUT2D eigenvalue weighted by atomic mass is 35.5. The van der Waals surface area contributed by atoms with E-state index < -0.39 is 0 Å². The van der Waals surface area contributed by atoms with Crippen molar-refractivity contribution in [2.45, 2.75) is 17.2 Å². The third-order valence-corrected chi connectivity index (χ3v) is 3.01. The smallest absolute Gasteiger partial charge is 0.0752 e. The van der Waals surface area contributed by atoms with Gasteiger partial charge in [0.1, 0.15) is 0 Å². The normalized spacial score (nSPS) is 33.3. The molecule has 0 heterocycles. The molecule has 1 aromatic rings. The summed E-state index contributed by atoms with van der Waals surface area (Å²) in [5.41, 5.74) is 1.24. The Morgan fingerprint density at radius 2 is 2.08 bits per heavy atom. The van der Waals surface area contributed by atoms with Gasteiger partial charge in [0.25, 0.3) is 0 Å². The molecular formula is C10H11ClO. The molecule has 2 atom stereocenters. The third kappa shape index (κ3) is 1.23. The molecule has 12 heavy (non-hydrogen) atoms. The highest BCUT2D eigenvalue weighted by Gasteiger charge is 2.53. The summed E-state index contributed by atoms with van der Waals surface area (Å²) < 4.78 is 0. The number of aliphatic hydroxyl groups excluding tert-OH is 1. The lowest BCUT2D eigenvalue weighted by Crippen LogP contribution is -2.07. The highest BCUT2D eigenvalue weighted by molar-refractivity contribution is 6.27. The first-order chi connectivity index (χ1) is 5.76. The van der Waals surface area contributed by atoms with Gasteiger partial charge < -0.3 is 5.11 Å². The molecule has 0 aliphatic heterocycles. The zero-order valence-electron chi connectivity index (χ0n) is 6.70. The number of halogens is 1. The van der Waals surface area contributed by atoms with Crippen LogP contribution >= 0.6 is 11.6 Å². The van der Waals surface area contributed by atoms with E-state index in [-0.39, 0.29) is 11.5 Å². The van der Waals surface area contributed by atoms with Gasteiger partial charge in [0, 0.05) is 5.92 Å². The van der Waals surface area contributed by atoms with Crippen LogP contribution in [0.1, 0.15) is 17.9 Å². The number of hydrogen-bond acceptors (Lipinski definition) is 1. The first-order valence-electron chi connectivity index (χ1n) is 4.11. The average molecular weight is 183 g/mol. The Morgan fingerprint density at radius 1 is 1.42 bits per heavy atom. The number of rotatable bonds is 2. The van der Waals surface area contributed by atoms with Gasteiger partial charge in [-0.2, -0.15) is 0 Å². The fraction of sp³-hybridized carbons (Fsp3) is 0.400. The van der Waals surface area contributed by atoms with Crippen molar-refractivity contribution in [1.82, 2.24) is 0 Å². The predicted molar refractivity (Wildman–Crippen MR) is 49.5 cm³/mol.